The number of amides is 1. The zero-order chi connectivity index (χ0) is 12.1. The molecule has 0 aromatic heterocycles. The third-order valence-corrected chi connectivity index (χ3v) is 2.91. The van der Waals surface area contributed by atoms with Gasteiger partial charge in [0.1, 0.15) is 6.04 Å². The molecule has 3 N–H and O–H groups in total. The van der Waals surface area contributed by atoms with Gasteiger partial charge in [-0.05, 0) is 32.6 Å². The van der Waals surface area contributed by atoms with Gasteiger partial charge in [-0.1, -0.05) is 0 Å². The number of likely N-dealkylation sites (tertiary alicyclic amines) is 1. The fourth-order valence-electron chi connectivity index (χ4n) is 2.04. The van der Waals surface area contributed by atoms with Gasteiger partial charge in [0.25, 0.3) is 0 Å². The number of carbonyl (C=O) groups excluding carboxylic acids is 1. The molecule has 0 aliphatic carbocycles. The quantitative estimate of drug-likeness (QED) is 0.721. The van der Waals surface area contributed by atoms with E-state index in [-0.39, 0.29) is 11.9 Å². The summed E-state index contributed by atoms with van der Waals surface area (Å²) in [5.74, 6) is -0.941. The highest BCUT2D eigenvalue weighted by molar-refractivity contribution is 5.84. The lowest BCUT2D eigenvalue weighted by Crippen LogP contribution is -2.40. The van der Waals surface area contributed by atoms with E-state index in [2.05, 4.69) is 0 Å². The maximum absolute atomic E-state index is 11.8. The number of hydrogen-bond donors (Lipinski definition) is 2. The van der Waals surface area contributed by atoms with Crippen LogP contribution in [0, 0.1) is 0 Å². The van der Waals surface area contributed by atoms with Crippen molar-refractivity contribution in [2.45, 2.75) is 51.1 Å². The molecule has 1 amide bonds. The molecule has 0 bridgehead atoms. The molecule has 5 heteroatoms. The summed E-state index contributed by atoms with van der Waals surface area (Å²) in [6.07, 6.45) is 3.31. The Hall–Kier alpha value is -1.10. The van der Waals surface area contributed by atoms with E-state index < -0.39 is 12.0 Å². The molecule has 0 spiro atoms. The van der Waals surface area contributed by atoms with E-state index >= 15 is 0 Å². The highest BCUT2D eigenvalue weighted by Crippen LogP contribution is 2.19. The molecule has 5 nitrogen and oxygen atoms in total. The smallest absolute Gasteiger partial charge is 0.326 e. The highest BCUT2D eigenvalue weighted by Gasteiger charge is 2.33. The topological polar surface area (TPSA) is 83.6 Å². The normalized spacial score (nSPS) is 22.1. The summed E-state index contributed by atoms with van der Waals surface area (Å²) in [5.41, 5.74) is 5.59. The third kappa shape index (κ3) is 3.48. The van der Waals surface area contributed by atoms with Crippen LogP contribution in [0.3, 0.4) is 0 Å². The van der Waals surface area contributed by atoms with Crippen LogP contribution >= 0.6 is 0 Å². The number of hydrogen-bond acceptors (Lipinski definition) is 3. The monoisotopic (exact) mass is 228 g/mol. The van der Waals surface area contributed by atoms with Gasteiger partial charge in [0.15, 0.2) is 0 Å². The fourth-order valence-corrected chi connectivity index (χ4v) is 2.04. The molecule has 92 valence electrons. The van der Waals surface area contributed by atoms with E-state index in [1.165, 1.54) is 4.90 Å². The Balaban J connectivity index is 2.38. The van der Waals surface area contributed by atoms with E-state index in [0.29, 0.717) is 19.4 Å². The first-order valence-electron chi connectivity index (χ1n) is 5.80. The average molecular weight is 228 g/mol. The van der Waals surface area contributed by atoms with E-state index in [4.69, 9.17) is 10.8 Å². The van der Waals surface area contributed by atoms with Crippen LogP contribution in [0.25, 0.3) is 0 Å². The predicted molar refractivity (Wildman–Crippen MR) is 59.9 cm³/mol. The van der Waals surface area contributed by atoms with Crippen molar-refractivity contribution in [2.24, 2.45) is 5.73 Å². The number of carboxylic acids is 1. The highest BCUT2D eigenvalue weighted by atomic mass is 16.4. The first kappa shape index (κ1) is 13.0. The van der Waals surface area contributed by atoms with Gasteiger partial charge < -0.3 is 15.7 Å². The second-order valence-corrected chi connectivity index (χ2v) is 4.45. The fraction of sp³-hybridized carbons (Fsp3) is 0.818. The van der Waals surface area contributed by atoms with Gasteiger partial charge in [0.2, 0.25) is 5.91 Å². The van der Waals surface area contributed by atoms with E-state index in [0.717, 1.165) is 19.3 Å². The summed E-state index contributed by atoms with van der Waals surface area (Å²) >= 11 is 0. The lowest BCUT2D eigenvalue weighted by atomic mass is 10.1. The molecule has 0 radical (unpaired) electrons. The molecule has 0 aromatic carbocycles. The molecule has 16 heavy (non-hydrogen) atoms. The first-order chi connectivity index (χ1) is 7.52. The number of carbonyl (C=O) groups is 2. The van der Waals surface area contributed by atoms with Crippen LogP contribution < -0.4 is 5.73 Å². The van der Waals surface area contributed by atoms with Gasteiger partial charge in [-0.25, -0.2) is 4.79 Å². The molecule has 0 saturated carbocycles. The Morgan fingerprint density at radius 1 is 1.56 bits per heavy atom. The summed E-state index contributed by atoms with van der Waals surface area (Å²) in [4.78, 5) is 24.1. The van der Waals surface area contributed by atoms with E-state index in [1.54, 1.807) is 0 Å². The number of rotatable bonds is 5. The van der Waals surface area contributed by atoms with Gasteiger partial charge in [0.05, 0.1) is 0 Å². The summed E-state index contributed by atoms with van der Waals surface area (Å²) < 4.78 is 0. The second kappa shape index (κ2) is 5.84. The lowest BCUT2D eigenvalue weighted by molar-refractivity contribution is -0.148. The molecule has 1 heterocycles. The minimum Gasteiger partial charge on any atom is -0.480 e. The molecule has 1 saturated heterocycles. The molecule has 1 unspecified atom stereocenters. The molecular formula is C11H20N2O3. The minimum absolute atomic E-state index is 0.0504. The molecule has 1 aliphatic rings. The van der Waals surface area contributed by atoms with Gasteiger partial charge in [-0.3, -0.25) is 4.79 Å². The Morgan fingerprint density at radius 3 is 2.81 bits per heavy atom. The van der Waals surface area contributed by atoms with Crippen LogP contribution in [-0.4, -0.2) is 40.5 Å². The van der Waals surface area contributed by atoms with Gasteiger partial charge in [-0.15, -0.1) is 0 Å². The predicted octanol–water partition coefficient (Wildman–Crippen LogP) is 0.580. The van der Waals surface area contributed by atoms with Crippen molar-refractivity contribution in [2.75, 3.05) is 6.54 Å². The Morgan fingerprint density at radius 2 is 2.25 bits per heavy atom. The van der Waals surface area contributed by atoms with Crippen molar-refractivity contribution < 1.29 is 14.7 Å². The molecule has 2 atom stereocenters. The SMILES string of the molecule is CC(N)CCCC(=O)N1CCC[C@@H]1C(=O)O. The van der Waals surface area contributed by atoms with Crippen LogP contribution in [0.1, 0.15) is 39.0 Å². The Bertz CT molecular complexity index is 266. The van der Waals surface area contributed by atoms with Crippen LogP contribution in [0.5, 0.6) is 0 Å². The van der Waals surface area contributed by atoms with Gasteiger partial charge in [-0.2, -0.15) is 0 Å². The largest absolute Gasteiger partial charge is 0.480 e. The maximum Gasteiger partial charge on any atom is 0.326 e. The van der Waals surface area contributed by atoms with Crippen molar-refractivity contribution in [3.05, 3.63) is 0 Å². The Labute approximate surface area is 95.6 Å². The van der Waals surface area contributed by atoms with Crippen molar-refractivity contribution in [3.8, 4) is 0 Å². The number of carboxylic acid groups (broad SMARTS) is 1. The van der Waals surface area contributed by atoms with Gasteiger partial charge >= 0.3 is 5.97 Å². The number of nitrogens with zero attached hydrogens (tertiary/aromatic N) is 1. The molecule has 0 aromatic rings. The van der Waals surface area contributed by atoms with Crippen molar-refractivity contribution in [3.63, 3.8) is 0 Å². The summed E-state index contributed by atoms with van der Waals surface area (Å²) in [6.45, 7) is 2.48. The molecule has 1 aliphatic heterocycles. The molecule has 1 fully saturated rings. The summed E-state index contributed by atoms with van der Waals surface area (Å²) in [6, 6.07) is -0.510. The number of nitrogens with two attached hydrogens (primary N) is 1. The standard InChI is InChI=1S/C11H20N2O3/c1-8(12)4-2-6-10(14)13-7-3-5-9(13)11(15)16/h8-9H,2-7,12H2,1H3,(H,15,16)/t8?,9-/m1/s1. The van der Waals surface area contributed by atoms with Crippen LogP contribution in [0.15, 0.2) is 0 Å². The minimum atomic E-state index is -0.891. The zero-order valence-corrected chi connectivity index (χ0v) is 9.69. The van der Waals surface area contributed by atoms with Gasteiger partial charge in [0, 0.05) is 19.0 Å². The van der Waals surface area contributed by atoms with Crippen LogP contribution in [-0.2, 0) is 9.59 Å². The van der Waals surface area contributed by atoms with E-state index in [1.807, 2.05) is 6.92 Å². The lowest BCUT2D eigenvalue weighted by Gasteiger charge is -2.21. The van der Waals surface area contributed by atoms with Crippen molar-refractivity contribution in [1.82, 2.24) is 4.90 Å². The maximum atomic E-state index is 11.8. The summed E-state index contributed by atoms with van der Waals surface area (Å²) in [7, 11) is 0. The van der Waals surface area contributed by atoms with Crippen LogP contribution in [0.2, 0.25) is 0 Å². The summed E-state index contributed by atoms with van der Waals surface area (Å²) in [5, 5.41) is 8.93. The average Bonchev–Trinajstić information content (AvgIpc) is 2.65. The van der Waals surface area contributed by atoms with Crippen LogP contribution in [0.4, 0.5) is 0 Å². The molecular weight excluding hydrogens is 208 g/mol. The first-order valence-corrected chi connectivity index (χ1v) is 5.80. The molecule has 1 rings (SSSR count). The third-order valence-electron chi connectivity index (χ3n) is 2.91. The second-order valence-electron chi connectivity index (χ2n) is 4.45. The zero-order valence-electron chi connectivity index (χ0n) is 9.69. The van der Waals surface area contributed by atoms with Crippen molar-refractivity contribution >= 4 is 11.9 Å². The Kier molecular flexibility index (Phi) is 4.73. The van der Waals surface area contributed by atoms with E-state index in [9.17, 15) is 9.59 Å². The van der Waals surface area contributed by atoms with Crippen molar-refractivity contribution in [1.29, 1.82) is 0 Å². The number of aliphatic carboxylic acids is 1.